The van der Waals surface area contributed by atoms with Crippen molar-refractivity contribution in [2.24, 2.45) is 5.92 Å². The molecule has 9 heteroatoms. The highest BCUT2D eigenvalue weighted by molar-refractivity contribution is 5.92. The number of rotatable bonds is 7. The van der Waals surface area contributed by atoms with Crippen molar-refractivity contribution >= 4 is 28.7 Å². The minimum absolute atomic E-state index is 0.0687. The molecule has 3 aromatic rings. The molecule has 164 valence electrons. The van der Waals surface area contributed by atoms with Crippen molar-refractivity contribution in [3.8, 4) is 0 Å². The van der Waals surface area contributed by atoms with Gasteiger partial charge in [0, 0.05) is 5.69 Å². The van der Waals surface area contributed by atoms with Crippen LogP contribution in [0.1, 0.15) is 39.2 Å². The molecule has 0 saturated heterocycles. The molecule has 2 amide bonds. The van der Waals surface area contributed by atoms with Gasteiger partial charge >= 0.3 is 18.5 Å². The lowest BCUT2D eigenvalue weighted by molar-refractivity contribution is -0.152. The molecule has 3 rings (SSSR count). The molecule has 0 aliphatic rings. The summed E-state index contributed by atoms with van der Waals surface area (Å²) in [5.41, 5.74) is 1.19. The molecule has 0 spiro atoms. The van der Waals surface area contributed by atoms with Gasteiger partial charge in [0.25, 0.3) is 0 Å². The fourth-order valence-corrected chi connectivity index (χ4v) is 3.18. The second-order valence-corrected chi connectivity index (χ2v) is 7.37. The summed E-state index contributed by atoms with van der Waals surface area (Å²) in [6.45, 7) is 2.11. The third kappa shape index (κ3) is 5.17. The number of carbonyl (C=O) groups is 2. The Bertz CT molecular complexity index is 1050. The molecule has 2 atom stereocenters. The van der Waals surface area contributed by atoms with Gasteiger partial charge in [0.05, 0.1) is 11.0 Å². The largest absolute Gasteiger partial charge is 0.453 e. The molecule has 2 aromatic carbocycles. The number of nitrogens with one attached hydrogen (secondary N) is 2. The maximum atomic E-state index is 13.7. The van der Waals surface area contributed by atoms with Crippen LogP contribution in [0.4, 0.5) is 19.3 Å². The van der Waals surface area contributed by atoms with Crippen LogP contribution in [0.5, 0.6) is 0 Å². The summed E-state index contributed by atoms with van der Waals surface area (Å²) >= 11 is 0. The van der Waals surface area contributed by atoms with Crippen LogP contribution in [0, 0.1) is 5.92 Å². The van der Waals surface area contributed by atoms with E-state index in [2.05, 4.69) is 15.6 Å². The van der Waals surface area contributed by atoms with Gasteiger partial charge in [-0.25, -0.2) is 14.6 Å². The fraction of sp³-hybridized carbons (Fsp3) is 0.318. The van der Waals surface area contributed by atoms with E-state index in [9.17, 15) is 18.4 Å². The van der Waals surface area contributed by atoms with Crippen molar-refractivity contribution in [2.75, 3.05) is 5.32 Å². The van der Waals surface area contributed by atoms with E-state index in [1.807, 2.05) is 6.07 Å². The van der Waals surface area contributed by atoms with Crippen molar-refractivity contribution in [1.29, 1.82) is 0 Å². The number of urea groups is 1. The average molecular weight is 430 g/mol. The zero-order chi connectivity index (χ0) is 22.5. The molecule has 0 aliphatic carbocycles. The summed E-state index contributed by atoms with van der Waals surface area (Å²) in [6, 6.07) is 13.7. The van der Waals surface area contributed by atoms with E-state index in [1.165, 1.54) is 13.0 Å². The van der Waals surface area contributed by atoms with Crippen molar-refractivity contribution in [3.05, 3.63) is 60.4 Å². The Labute approximate surface area is 178 Å². The lowest BCUT2D eigenvalue weighted by atomic mass is 10.0. The number of anilines is 1. The van der Waals surface area contributed by atoms with Crippen molar-refractivity contribution in [2.45, 2.75) is 39.5 Å². The Morgan fingerprint density at radius 3 is 2.29 bits per heavy atom. The molecule has 31 heavy (non-hydrogen) atoms. The molecule has 2 N–H and O–H groups in total. The number of esters is 1. The number of nitrogens with zero attached hydrogens (tertiary/aromatic N) is 2. The minimum atomic E-state index is -2.85. The number of para-hydroxylation sites is 3. The summed E-state index contributed by atoms with van der Waals surface area (Å²) in [4.78, 5) is 29.3. The lowest BCUT2D eigenvalue weighted by Crippen LogP contribution is -2.47. The highest BCUT2D eigenvalue weighted by Crippen LogP contribution is 2.28. The number of ether oxygens (including phenoxy) is 1. The van der Waals surface area contributed by atoms with Gasteiger partial charge in [-0.3, -0.25) is 4.57 Å². The lowest BCUT2D eigenvalue weighted by Gasteiger charge is -2.23. The van der Waals surface area contributed by atoms with Gasteiger partial charge in [0.2, 0.25) is 0 Å². The molecule has 0 aliphatic heterocycles. The molecule has 0 bridgehead atoms. The maximum Gasteiger partial charge on any atom is 0.329 e. The normalized spacial score (nSPS) is 13.3. The molecular weight excluding hydrogens is 406 g/mol. The number of halogens is 2. The van der Waals surface area contributed by atoms with E-state index < -0.39 is 30.7 Å². The Hall–Kier alpha value is -3.49. The van der Waals surface area contributed by atoms with Gasteiger partial charge in [-0.1, -0.05) is 44.2 Å². The Morgan fingerprint density at radius 1 is 1.00 bits per heavy atom. The van der Waals surface area contributed by atoms with Gasteiger partial charge in [0.15, 0.2) is 11.9 Å². The monoisotopic (exact) mass is 430 g/mol. The van der Waals surface area contributed by atoms with E-state index in [4.69, 9.17) is 4.74 Å². The van der Waals surface area contributed by atoms with Crippen molar-refractivity contribution in [1.82, 2.24) is 14.9 Å². The summed E-state index contributed by atoms with van der Waals surface area (Å²) < 4.78 is 33.5. The number of carbonyl (C=O) groups excluding carboxylic acids is 2. The summed E-state index contributed by atoms with van der Waals surface area (Å²) in [5.74, 6) is -1.10. The van der Waals surface area contributed by atoms with Crippen molar-refractivity contribution in [3.63, 3.8) is 0 Å². The number of fused-ring (bicyclic) bond motifs is 1. The Kier molecular flexibility index (Phi) is 6.84. The van der Waals surface area contributed by atoms with E-state index in [-0.39, 0.29) is 17.3 Å². The van der Waals surface area contributed by atoms with Crippen LogP contribution in [-0.4, -0.2) is 27.6 Å². The molecule has 0 saturated carbocycles. The minimum Gasteiger partial charge on any atom is -0.453 e. The van der Waals surface area contributed by atoms with E-state index in [1.54, 1.807) is 56.3 Å². The summed E-state index contributed by atoms with van der Waals surface area (Å²) in [7, 11) is 0. The summed E-state index contributed by atoms with van der Waals surface area (Å²) in [6.07, 6.45) is -1.05. The smallest absolute Gasteiger partial charge is 0.329 e. The Balaban J connectivity index is 1.74. The zero-order valence-corrected chi connectivity index (χ0v) is 17.4. The maximum absolute atomic E-state index is 13.7. The van der Waals surface area contributed by atoms with Crippen LogP contribution in [-0.2, 0) is 9.53 Å². The number of aromatic nitrogens is 2. The number of imidazole rings is 1. The highest BCUT2D eigenvalue weighted by atomic mass is 19.3. The number of alkyl halides is 2. The predicted molar refractivity (Wildman–Crippen MR) is 113 cm³/mol. The molecule has 0 radical (unpaired) electrons. The predicted octanol–water partition coefficient (Wildman–Crippen LogP) is 4.88. The molecular formula is C22H24F2N4O3. The van der Waals surface area contributed by atoms with Crippen LogP contribution in [0.25, 0.3) is 11.0 Å². The molecule has 7 nitrogen and oxygen atoms in total. The quantitative estimate of drug-likeness (QED) is 0.523. The van der Waals surface area contributed by atoms with Crippen LogP contribution in [0.3, 0.4) is 0 Å². The number of hydrogen-bond donors (Lipinski definition) is 2. The fourth-order valence-electron chi connectivity index (χ4n) is 3.18. The molecule has 0 fully saturated rings. The highest BCUT2D eigenvalue weighted by Gasteiger charge is 2.30. The molecule has 1 aromatic heterocycles. The van der Waals surface area contributed by atoms with Crippen LogP contribution < -0.4 is 10.6 Å². The first kappa shape index (κ1) is 22.2. The number of hydrogen-bond acceptors (Lipinski definition) is 4. The molecule has 1 heterocycles. The van der Waals surface area contributed by atoms with Gasteiger partial charge in [-0.2, -0.15) is 8.78 Å². The molecule has 2 unspecified atom stereocenters. The van der Waals surface area contributed by atoms with Crippen LogP contribution in [0.2, 0.25) is 0 Å². The summed E-state index contributed by atoms with van der Waals surface area (Å²) in [5, 5.41) is 5.22. The third-order valence-electron chi connectivity index (χ3n) is 4.71. The first-order valence-corrected chi connectivity index (χ1v) is 9.86. The first-order valence-electron chi connectivity index (χ1n) is 9.86. The van der Waals surface area contributed by atoms with Gasteiger partial charge in [0.1, 0.15) is 6.04 Å². The Morgan fingerprint density at radius 2 is 1.65 bits per heavy atom. The first-order chi connectivity index (χ1) is 14.8. The van der Waals surface area contributed by atoms with Crippen LogP contribution in [0.15, 0.2) is 54.6 Å². The second kappa shape index (κ2) is 9.55. The topological polar surface area (TPSA) is 85.2 Å². The average Bonchev–Trinajstić information content (AvgIpc) is 3.12. The van der Waals surface area contributed by atoms with Gasteiger partial charge in [-0.05, 0) is 37.1 Å². The van der Waals surface area contributed by atoms with E-state index >= 15 is 0 Å². The number of amides is 2. The van der Waals surface area contributed by atoms with Gasteiger partial charge < -0.3 is 15.4 Å². The van der Waals surface area contributed by atoms with Gasteiger partial charge in [-0.15, -0.1) is 0 Å². The zero-order valence-electron chi connectivity index (χ0n) is 17.4. The van der Waals surface area contributed by atoms with Crippen LogP contribution >= 0.6 is 0 Å². The standard InChI is InChI=1S/C22H24F2N4O3/c1-13(2)18(27-22(30)25-15-9-5-4-6-10-15)20(29)31-14(3)19-26-16-11-7-8-12-17(16)28(19)21(23)24/h4-14,18,21H,1-3H3,(H2,25,27,30). The number of benzene rings is 2. The SMILES string of the molecule is CC(OC(=O)C(NC(=O)Nc1ccccc1)C(C)C)c1nc2ccccc2n1C(F)F. The van der Waals surface area contributed by atoms with E-state index in [0.29, 0.717) is 11.2 Å². The van der Waals surface area contributed by atoms with E-state index in [0.717, 1.165) is 4.57 Å². The second-order valence-electron chi connectivity index (χ2n) is 7.37. The third-order valence-corrected chi connectivity index (χ3v) is 4.71. The van der Waals surface area contributed by atoms with Crippen molar-refractivity contribution < 1.29 is 23.1 Å².